The maximum absolute atomic E-state index is 12.2. The number of amides is 1. The summed E-state index contributed by atoms with van der Waals surface area (Å²) in [5, 5.41) is 3.05. The van der Waals surface area contributed by atoms with Crippen LogP contribution in [0.5, 0.6) is 0 Å². The first kappa shape index (κ1) is 14.0. The van der Waals surface area contributed by atoms with Gasteiger partial charge in [-0.15, -0.1) is 0 Å². The van der Waals surface area contributed by atoms with Gasteiger partial charge in [0, 0.05) is 0 Å². The lowest BCUT2D eigenvalue weighted by molar-refractivity contribution is -0.121. The Labute approximate surface area is 119 Å². The minimum Gasteiger partial charge on any atom is -0.391 e. The smallest absolute Gasteiger partial charge is 0.225 e. The van der Waals surface area contributed by atoms with Crippen molar-refractivity contribution in [1.29, 1.82) is 0 Å². The van der Waals surface area contributed by atoms with E-state index in [1.54, 1.807) is 0 Å². The summed E-state index contributed by atoms with van der Waals surface area (Å²) in [6.45, 7) is 2.02. The molecule has 0 heterocycles. The molecule has 102 valence electrons. The Hall–Kier alpha value is -1.42. The Balaban J connectivity index is 2.02. The molecule has 3 nitrogen and oxygen atoms in total. The molecule has 1 fully saturated rings. The van der Waals surface area contributed by atoms with Crippen molar-refractivity contribution in [2.75, 3.05) is 0 Å². The van der Waals surface area contributed by atoms with Crippen molar-refractivity contribution >= 4 is 23.1 Å². The van der Waals surface area contributed by atoms with Crippen molar-refractivity contribution in [1.82, 2.24) is 5.32 Å². The van der Waals surface area contributed by atoms with Gasteiger partial charge in [-0.1, -0.05) is 54.9 Å². The van der Waals surface area contributed by atoms with Gasteiger partial charge >= 0.3 is 0 Å². The third-order valence-corrected chi connectivity index (χ3v) is 4.15. The van der Waals surface area contributed by atoms with Crippen LogP contribution < -0.4 is 11.1 Å². The summed E-state index contributed by atoms with van der Waals surface area (Å²) in [5.41, 5.74) is 7.55. The first-order chi connectivity index (χ1) is 9.02. The predicted octanol–water partition coefficient (Wildman–Crippen LogP) is 2.25. The molecule has 0 atom stereocenters. The van der Waals surface area contributed by atoms with Crippen LogP contribution in [0.25, 0.3) is 0 Å². The first-order valence-corrected chi connectivity index (χ1v) is 7.09. The number of aryl methyl sites for hydroxylation is 1. The highest BCUT2D eigenvalue weighted by Crippen LogP contribution is 2.30. The van der Waals surface area contributed by atoms with E-state index in [4.69, 9.17) is 18.0 Å². The molecule has 0 unspecified atom stereocenters. The highest BCUT2D eigenvalue weighted by atomic mass is 32.1. The summed E-state index contributed by atoms with van der Waals surface area (Å²) in [4.78, 5) is 12.6. The monoisotopic (exact) mass is 276 g/mol. The van der Waals surface area contributed by atoms with Gasteiger partial charge < -0.3 is 11.1 Å². The molecule has 3 N–H and O–H groups in total. The van der Waals surface area contributed by atoms with Gasteiger partial charge in [0.05, 0.1) is 16.9 Å². The molecular weight excluding hydrogens is 256 g/mol. The second-order valence-electron chi connectivity index (χ2n) is 5.37. The maximum atomic E-state index is 12.2. The van der Waals surface area contributed by atoms with E-state index in [-0.39, 0.29) is 5.91 Å². The van der Waals surface area contributed by atoms with Gasteiger partial charge in [-0.25, -0.2) is 0 Å². The molecule has 1 aliphatic carbocycles. The van der Waals surface area contributed by atoms with Gasteiger partial charge in [0.1, 0.15) is 0 Å². The van der Waals surface area contributed by atoms with Crippen molar-refractivity contribution in [3.8, 4) is 0 Å². The molecule has 0 spiro atoms. The summed E-state index contributed by atoms with van der Waals surface area (Å²) in [5.74, 6) is 0.000278. The van der Waals surface area contributed by atoms with Crippen LogP contribution in [-0.2, 0) is 11.2 Å². The highest BCUT2D eigenvalue weighted by molar-refractivity contribution is 7.80. The number of carbonyl (C=O) groups excluding carboxylic acids is 1. The van der Waals surface area contributed by atoms with Gasteiger partial charge in [0.15, 0.2) is 0 Å². The van der Waals surface area contributed by atoms with Crippen molar-refractivity contribution in [2.45, 2.75) is 44.6 Å². The van der Waals surface area contributed by atoms with Crippen LogP contribution in [0.15, 0.2) is 24.3 Å². The zero-order valence-electron chi connectivity index (χ0n) is 11.2. The van der Waals surface area contributed by atoms with Gasteiger partial charge in [-0.2, -0.15) is 0 Å². The minimum absolute atomic E-state index is 0.000278. The van der Waals surface area contributed by atoms with E-state index >= 15 is 0 Å². The molecular formula is C15H20N2OS. The summed E-state index contributed by atoms with van der Waals surface area (Å²) < 4.78 is 0. The number of nitrogens with one attached hydrogen (secondary N) is 1. The average molecular weight is 276 g/mol. The normalized spacial score (nSPS) is 17.1. The van der Waals surface area contributed by atoms with Crippen LogP contribution >= 0.6 is 12.2 Å². The number of rotatable bonds is 4. The van der Waals surface area contributed by atoms with Gasteiger partial charge in [-0.3, -0.25) is 4.79 Å². The fraction of sp³-hybridized carbons (Fsp3) is 0.467. The Kier molecular flexibility index (Phi) is 4.20. The molecule has 1 aliphatic rings. The summed E-state index contributed by atoms with van der Waals surface area (Å²) in [6, 6.07) is 7.99. The lowest BCUT2D eigenvalue weighted by Gasteiger charge is -2.29. The fourth-order valence-corrected chi connectivity index (χ4v) is 2.99. The lowest BCUT2D eigenvalue weighted by atomic mass is 9.97. The SMILES string of the molecule is Cc1cccc(CC(=O)NC2(C(N)=S)CCCC2)c1. The molecule has 0 saturated heterocycles. The third kappa shape index (κ3) is 3.32. The van der Waals surface area contributed by atoms with Crippen molar-refractivity contribution in [3.05, 3.63) is 35.4 Å². The summed E-state index contributed by atoms with van der Waals surface area (Å²) in [6.07, 6.45) is 4.25. The lowest BCUT2D eigenvalue weighted by Crippen LogP contribution is -2.55. The standard InChI is InChI=1S/C15H20N2OS/c1-11-5-4-6-12(9-11)10-13(18)17-15(14(16)19)7-2-3-8-15/h4-6,9H,2-3,7-8,10H2,1H3,(H2,16,19)(H,17,18). The number of carbonyl (C=O) groups is 1. The number of thiocarbonyl (C=S) groups is 1. The predicted molar refractivity (Wildman–Crippen MR) is 81.0 cm³/mol. The van der Waals surface area contributed by atoms with E-state index in [0.29, 0.717) is 11.4 Å². The maximum Gasteiger partial charge on any atom is 0.225 e. The Morgan fingerprint density at radius 3 is 2.68 bits per heavy atom. The van der Waals surface area contributed by atoms with Crippen LogP contribution in [0, 0.1) is 6.92 Å². The van der Waals surface area contributed by atoms with E-state index in [1.165, 1.54) is 0 Å². The van der Waals surface area contributed by atoms with Crippen molar-refractivity contribution < 1.29 is 4.79 Å². The van der Waals surface area contributed by atoms with Gasteiger partial charge in [0.2, 0.25) is 5.91 Å². The van der Waals surface area contributed by atoms with Crippen LogP contribution in [0.1, 0.15) is 36.8 Å². The topological polar surface area (TPSA) is 55.1 Å². The van der Waals surface area contributed by atoms with Crippen LogP contribution in [0.2, 0.25) is 0 Å². The van der Waals surface area contributed by atoms with Crippen LogP contribution in [0.4, 0.5) is 0 Å². The zero-order chi connectivity index (χ0) is 13.9. The van der Waals surface area contributed by atoms with Crippen LogP contribution in [-0.4, -0.2) is 16.4 Å². The zero-order valence-corrected chi connectivity index (χ0v) is 12.1. The second-order valence-corrected chi connectivity index (χ2v) is 5.81. The number of benzene rings is 1. The molecule has 1 saturated carbocycles. The van der Waals surface area contributed by atoms with Crippen molar-refractivity contribution in [3.63, 3.8) is 0 Å². The molecule has 0 bridgehead atoms. The molecule has 19 heavy (non-hydrogen) atoms. The number of hydrogen-bond donors (Lipinski definition) is 2. The minimum atomic E-state index is -0.448. The number of nitrogens with two attached hydrogens (primary N) is 1. The van der Waals surface area contributed by atoms with E-state index < -0.39 is 5.54 Å². The molecule has 1 aromatic rings. The molecule has 2 rings (SSSR count). The van der Waals surface area contributed by atoms with Crippen molar-refractivity contribution in [2.24, 2.45) is 5.73 Å². The van der Waals surface area contributed by atoms with E-state index in [0.717, 1.165) is 36.8 Å². The Morgan fingerprint density at radius 1 is 1.42 bits per heavy atom. The summed E-state index contributed by atoms with van der Waals surface area (Å²) in [7, 11) is 0. The molecule has 1 aromatic carbocycles. The number of hydrogen-bond acceptors (Lipinski definition) is 2. The van der Waals surface area contributed by atoms with E-state index in [2.05, 4.69) is 5.32 Å². The highest BCUT2D eigenvalue weighted by Gasteiger charge is 2.37. The second kappa shape index (κ2) is 5.70. The average Bonchev–Trinajstić information content (AvgIpc) is 2.78. The molecule has 4 heteroatoms. The fourth-order valence-electron chi connectivity index (χ4n) is 2.73. The molecule has 1 amide bonds. The molecule has 0 aromatic heterocycles. The quantitative estimate of drug-likeness (QED) is 0.829. The van der Waals surface area contributed by atoms with Crippen LogP contribution in [0.3, 0.4) is 0 Å². The van der Waals surface area contributed by atoms with Gasteiger partial charge in [-0.05, 0) is 25.3 Å². The molecule has 0 radical (unpaired) electrons. The third-order valence-electron chi connectivity index (χ3n) is 3.75. The van der Waals surface area contributed by atoms with E-state index in [9.17, 15) is 4.79 Å². The summed E-state index contributed by atoms with van der Waals surface area (Å²) >= 11 is 5.13. The van der Waals surface area contributed by atoms with E-state index in [1.807, 2.05) is 31.2 Å². The molecule has 0 aliphatic heterocycles. The Morgan fingerprint density at radius 2 is 2.11 bits per heavy atom. The first-order valence-electron chi connectivity index (χ1n) is 6.68. The van der Waals surface area contributed by atoms with Gasteiger partial charge in [0.25, 0.3) is 0 Å². The Bertz CT molecular complexity index is 493. The largest absolute Gasteiger partial charge is 0.391 e.